The summed E-state index contributed by atoms with van der Waals surface area (Å²) in [4.78, 5) is 4.61. The van der Waals surface area contributed by atoms with Gasteiger partial charge in [-0.3, -0.25) is 4.99 Å². The molecule has 0 unspecified atom stereocenters. The van der Waals surface area contributed by atoms with Crippen LogP contribution >= 0.6 is 24.0 Å². The molecule has 1 fully saturated rings. The second-order valence-corrected chi connectivity index (χ2v) is 5.20. The van der Waals surface area contributed by atoms with E-state index < -0.39 is 0 Å². The second kappa shape index (κ2) is 14.8. The predicted molar refractivity (Wildman–Crippen MR) is 98.7 cm³/mol. The van der Waals surface area contributed by atoms with Gasteiger partial charge in [0.1, 0.15) is 0 Å². The highest BCUT2D eigenvalue weighted by Gasteiger charge is 2.14. The molecule has 0 aliphatic heterocycles. The zero-order valence-corrected chi connectivity index (χ0v) is 15.9. The predicted octanol–water partition coefficient (Wildman–Crippen LogP) is 2.55. The monoisotopic (exact) mass is 413 g/mol. The molecule has 6 heteroatoms. The minimum absolute atomic E-state index is 0. The molecule has 2 N–H and O–H groups in total. The smallest absolute Gasteiger partial charge is 0.191 e. The Kier molecular flexibility index (Phi) is 14.8. The Morgan fingerprint density at radius 1 is 1.14 bits per heavy atom. The molecule has 126 valence electrons. The fourth-order valence-electron chi connectivity index (χ4n) is 2.36. The van der Waals surface area contributed by atoms with Crippen molar-refractivity contribution in [1.29, 1.82) is 0 Å². The number of hydrogen-bond acceptors (Lipinski definition) is 3. The Morgan fingerprint density at radius 3 is 2.57 bits per heavy atom. The van der Waals surface area contributed by atoms with Gasteiger partial charge in [-0.2, -0.15) is 0 Å². The van der Waals surface area contributed by atoms with Crippen LogP contribution in [0.3, 0.4) is 0 Å². The summed E-state index contributed by atoms with van der Waals surface area (Å²) in [7, 11) is 1.69. The van der Waals surface area contributed by atoms with Gasteiger partial charge in [-0.25, -0.2) is 0 Å². The van der Waals surface area contributed by atoms with Gasteiger partial charge in [0.2, 0.25) is 0 Å². The maximum Gasteiger partial charge on any atom is 0.191 e. The zero-order valence-electron chi connectivity index (χ0n) is 13.5. The average molecular weight is 413 g/mol. The molecule has 21 heavy (non-hydrogen) atoms. The first-order chi connectivity index (χ1) is 9.86. The van der Waals surface area contributed by atoms with Crippen LogP contribution in [0.4, 0.5) is 0 Å². The maximum atomic E-state index is 5.43. The molecule has 0 aromatic heterocycles. The highest BCUT2D eigenvalue weighted by Crippen LogP contribution is 2.17. The summed E-state index contributed by atoms with van der Waals surface area (Å²) in [5.74, 6) is 0.955. The van der Waals surface area contributed by atoms with E-state index in [4.69, 9.17) is 9.47 Å². The molecular weight excluding hydrogens is 381 g/mol. The van der Waals surface area contributed by atoms with Crippen LogP contribution in [0.15, 0.2) is 4.99 Å². The lowest BCUT2D eigenvalue weighted by atomic mass is 9.96. The van der Waals surface area contributed by atoms with Crippen LogP contribution in [0.1, 0.15) is 45.4 Å². The van der Waals surface area contributed by atoms with E-state index in [-0.39, 0.29) is 24.0 Å². The highest BCUT2D eigenvalue weighted by molar-refractivity contribution is 14.0. The SMILES string of the molecule is CCNC(=NCCCOCCOC)NC1CCCCC1.I. The molecule has 0 amide bonds. The molecule has 1 rings (SSSR count). The molecule has 5 nitrogen and oxygen atoms in total. The Hall–Kier alpha value is -0.0800. The van der Waals surface area contributed by atoms with Gasteiger partial charge in [0, 0.05) is 32.8 Å². The van der Waals surface area contributed by atoms with Gasteiger partial charge in [0.25, 0.3) is 0 Å². The van der Waals surface area contributed by atoms with Gasteiger partial charge in [0.05, 0.1) is 13.2 Å². The van der Waals surface area contributed by atoms with Gasteiger partial charge < -0.3 is 20.1 Å². The number of rotatable bonds is 9. The third-order valence-electron chi connectivity index (χ3n) is 3.44. The van der Waals surface area contributed by atoms with E-state index in [1.54, 1.807) is 7.11 Å². The first-order valence-electron chi connectivity index (χ1n) is 7.98. The molecule has 0 bridgehead atoms. The van der Waals surface area contributed by atoms with Crippen molar-refractivity contribution in [2.75, 3.05) is 40.0 Å². The van der Waals surface area contributed by atoms with E-state index in [1.165, 1.54) is 32.1 Å². The molecule has 0 saturated heterocycles. The van der Waals surface area contributed by atoms with E-state index in [1.807, 2.05) is 0 Å². The summed E-state index contributed by atoms with van der Waals surface area (Å²) >= 11 is 0. The average Bonchev–Trinajstić information content (AvgIpc) is 2.47. The molecule has 0 aromatic rings. The number of nitrogens with zero attached hydrogens (tertiary/aromatic N) is 1. The van der Waals surface area contributed by atoms with Gasteiger partial charge >= 0.3 is 0 Å². The maximum absolute atomic E-state index is 5.43. The van der Waals surface area contributed by atoms with Crippen molar-refractivity contribution < 1.29 is 9.47 Å². The van der Waals surface area contributed by atoms with Crippen molar-refractivity contribution in [3.63, 3.8) is 0 Å². The van der Waals surface area contributed by atoms with Crippen molar-refractivity contribution in [3.8, 4) is 0 Å². The Labute approximate surface area is 146 Å². The van der Waals surface area contributed by atoms with E-state index in [9.17, 15) is 0 Å². The third kappa shape index (κ3) is 11.2. The zero-order chi connectivity index (χ0) is 14.5. The molecule has 0 atom stereocenters. The molecule has 0 heterocycles. The molecule has 0 aromatic carbocycles. The Bertz CT molecular complexity index is 259. The fourth-order valence-corrected chi connectivity index (χ4v) is 2.36. The topological polar surface area (TPSA) is 54.9 Å². The molecule has 0 radical (unpaired) electrons. The number of nitrogens with one attached hydrogen (secondary N) is 2. The van der Waals surface area contributed by atoms with Crippen molar-refractivity contribution in [2.45, 2.75) is 51.5 Å². The van der Waals surface area contributed by atoms with Crippen molar-refractivity contribution in [2.24, 2.45) is 4.99 Å². The van der Waals surface area contributed by atoms with Crippen molar-refractivity contribution in [3.05, 3.63) is 0 Å². The standard InChI is InChI=1S/C15H31N3O2.HI/c1-3-16-15(18-14-8-5-4-6-9-14)17-10-7-11-20-13-12-19-2;/h14H,3-13H2,1-2H3,(H2,16,17,18);1H. The third-order valence-corrected chi connectivity index (χ3v) is 3.44. The number of ether oxygens (including phenoxy) is 2. The largest absolute Gasteiger partial charge is 0.382 e. The van der Waals surface area contributed by atoms with Crippen LogP contribution < -0.4 is 10.6 Å². The number of halogens is 1. The molecular formula is C15H32IN3O2. The summed E-state index contributed by atoms with van der Waals surface area (Å²) in [5.41, 5.74) is 0. The van der Waals surface area contributed by atoms with Gasteiger partial charge in [-0.1, -0.05) is 19.3 Å². The van der Waals surface area contributed by atoms with E-state index in [0.29, 0.717) is 19.3 Å². The lowest BCUT2D eigenvalue weighted by Gasteiger charge is -2.24. The van der Waals surface area contributed by atoms with Crippen LogP contribution in [0.25, 0.3) is 0 Å². The minimum Gasteiger partial charge on any atom is -0.382 e. The summed E-state index contributed by atoms with van der Waals surface area (Å²) in [6.07, 6.45) is 7.54. The van der Waals surface area contributed by atoms with Gasteiger partial charge in [0.15, 0.2) is 5.96 Å². The van der Waals surface area contributed by atoms with Crippen LogP contribution in [0.2, 0.25) is 0 Å². The summed E-state index contributed by atoms with van der Waals surface area (Å²) in [6, 6.07) is 0.597. The molecule has 1 aliphatic carbocycles. The Morgan fingerprint density at radius 2 is 1.90 bits per heavy atom. The number of hydrogen-bond donors (Lipinski definition) is 2. The summed E-state index contributed by atoms with van der Waals surface area (Å²) in [6.45, 7) is 5.88. The lowest BCUT2D eigenvalue weighted by Crippen LogP contribution is -2.44. The van der Waals surface area contributed by atoms with Crippen molar-refractivity contribution >= 4 is 29.9 Å². The second-order valence-electron chi connectivity index (χ2n) is 5.20. The van der Waals surface area contributed by atoms with Gasteiger partial charge in [-0.15, -0.1) is 24.0 Å². The summed E-state index contributed by atoms with van der Waals surface area (Å²) in [5, 5.41) is 6.87. The first kappa shape index (κ1) is 20.9. The molecule has 1 saturated carbocycles. The van der Waals surface area contributed by atoms with E-state index in [0.717, 1.165) is 32.1 Å². The number of methoxy groups -OCH3 is 1. The minimum atomic E-state index is 0. The lowest BCUT2D eigenvalue weighted by molar-refractivity contribution is 0.0702. The quantitative estimate of drug-likeness (QED) is 0.264. The normalized spacial score (nSPS) is 16.4. The summed E-state index contributed by atoms with van der Waals surface area (Å²) < 4.78 is 10.4. The fraction of sp³-hybridized carbons (Fsp3) is 0.933. The van der Waals surface area contributed by atoms with Crippen LogP contribution in [-0.4, -0.2) is 52.0 Å². The molecule has 1 aliphatic rings. The number of guanidine groups is 1. The Balaban J connectivity index is 0.00000400. The van der Waals surface area contributed by atoms with E-state index in [2.05, 4.69) is 22.5 Å². The van der Waals surface area contributed by atoms with Gasteiger partial charge in [-0.05, 0) is 26.2 Å². The van der Waals surface area contributed by atoms with E-state index >= 15 is 0 Å². The highest BCUT2D eigenvalue weighted by atomic mass is 127. The van der Waals surface area contributed by atoms with Crippen LogP contribution in [-0.2, 0) is 9.47 Å². The number of aliphatic imine (C=N–C) groups is 1. The van der Waals surface area contributed by atoms with Crippen LogP contribution in [0, 0.1) is 0 Å². The first-order valence-corrected chi connectivity index (χ1v) is 7.98. The van der Waals surface area contributed by atoms with Crippen molar-refractivity contribution in [1.82, 2.24) is 10.6 Å². The molecule has 0 spiro atoms. The van der Waals surface area contributed by atoms with Crippen LogP contribution in [0.5, 0.6) is 0 Å².